The Morgan fingerprint density at radius 2 is 2.57 bits per heavy atom. The second-order valence-corrected chi connectivity index (χ2v) is 4.51. The molecule has 1 aliphatic heterocycles. The lowest BCUT2D eigenvalue weighted by atomic mass is 9.98. The van der Waals surface area contributed by atoms with Crippen molar-refractivity contribution in [3.63, 3.8) is 0 Å². The molecule has 0 radical (unpaired) electrons. The third kappa shape index (κ3) is 2.16. The van der Waals surface area contributed by atoms with E-state index in [-0.39, 0.29) is 0 Å². The highest BCUT2D eigenvalue weighted by Gasteiger charge is 2.21. The lowest BCUT2D eigenvalue weighted by molar-refractivity contribution is 0.0538. The Bertz CT molecular complexity index is 302. The normalized spacial score (nSPS) is 27.5. The molecule has 78 valence electrons. The van der Waals surface area contributed by atoms with Crippen LogP contribution in [0.5, 0.6) is 0 Å². The van der Waals surface area contributed by atoms with E-state index in [0.717, 1.165) is 24.6 Å². The van der Waals surface area contributed by atoms with E-state index in [1.165, 1.54) is 11.5 Å². The molecule has 0 spiro atoms. The molecule has 1 aromatic rings. The summed E-state index contributed by atoms with van der Waals surface area (Å²) in [7, 11) is 0. The largest absolute Gasteiger partial charge is 0.383 e. The van der Waals surface area contributed by atoms with Crippen molar-refractivity contribution < 1.29 is 4.74 Å². The van der Waals surface area contributed by atoms with Gasteiger partial charge in [0.25, 0.3) is 0 Å². The van der Waals surface area contributed by atoms with Gasteiger partial charge in [-0.1, -0.05) is 6.92 Å². The maximum Gasteiger partial charge on any atom is 0.139 e. The number of nitrogens with one attached hydrogen (secondary N) is 1. The van der Waals surface area contributed by atoms with E-state index in [1.807, 2.05) is 6.07 Å². The zero-order valence-electron chi connectivity index (χ0n) is 8.19. The minimum atomic E-state index is 0.489. The topological polar surface area (TPSA) is 60.2 Å². The Hall–Kier alpha value is -0.810. The number of nitrogen functional groups attached to an aromatic ring is 1. The first kappa shape index (κ1) is 9.73. The van der Waals surface area contributed by atoms with E-state index in [0.29, 0.717) is 17.8 Å². The van der Waals surface area contributed by atoms with Crippen LogP contribution in [-0.4, -0.2) is 23.6 Å². The number of rotatable bonds is 2. The zero-order valence-corrected chi connectivity index (χ0v) is 9.01. The van der Waals surface area contributed by atoms with Gasteiger partial charge in [-0.25, -0.2) is 0 Å². The molecule has 2 atom stereocenters. The van der Waals surface area contributed by atoms with E-state index in [9.17, 15) is 0 Å². The molecule has 0 aliphatic carbocycles. The zero-order chi connectivity index (χ0) is 9.97. The van der Waals surface area contributed by atoms with Crippen LogP contribution in [0.3, 0.4) is 0 Å². The predicted octanol–water partition coefficient (Wildman–Crippen LogP) is 1.56. The molecule has 0 bridgehead atoms. The Balaban J connectivity index is 1.95. The Kier molecular flexibility index (Phi) is 2.88. The summed E-state index contributed by atoms with van der Waals surface area (Å²) in [5.74, 6) is 1.14. The summed E-state index contributed by atoms with van der Waals surface area (Å²) in [6, 6.07) is 2.37. The third-order valence-corrected chi connectivity index (χ3v) is 3.23. The van der Waals surface area contributed by atoms with Crippen molar-refractivity contribution in [3.05, 3.63) is 6.07 Å². The average Bonchev–Trinajstić information content (AvgIpc) is 2.56. The van der Waals surface area contributed by atoms with Crippen LogP contribution < -0.4 is 11.1 Å². The summed E-state index contributed by atoms with van der Waals surface area (Å²) in [5, 5.41) is 4.50. The monoisotopic (exact) mass is 213 g/mol. The number of aromatic nitrogens is 1. The lowest BCUT2D eigenvalue weighted by Gasteiger charge is -2.29. The molecular formula is C9H15N3OS. The van der Waals surface area contributed by atoms with Gasteiger partial charge in [0.2, 0.25) is 0 Å². The molecule has 3 N–H and O–H groups in total. The van der Waals surface area contributed by atoms with Crippen LogP contribution in [0.25, 0.3) is 0 Å². The van der Waals surface area contributed by atoms with Crippen LogP contribution in [0.4, 0.5) is 10.8 Å². The van der Waals surface area contributed by atoms with Crippen LogP contribution in [0.15, 0.2) is 6.07 Å². The van der Waals surface area contributed by atoms with Crippen molar-refractivity contribution >= 4 is 22.4 Å². The lowest BCUT2D eigenvalue weighted by Crippen LogP contribution is -2.35. The van der Waals surface area contributed by atoms with Crippen molar-refractivity contribution in [2.45, 2.75) is 19.4 Å². The third-order valence-electron chi connectivity index (χ3n) is 2.50. The first-order valence-electron chi connectivity index (χ1n) is 4.82. The summed E-state index contributed by atoms with van der Waals surface area (Å²) in [6.07, 6.45) is 1.05. The SMILES string of the molecule is CC1COCCC1Nc1cc(N)ns1. The molecule has 4 nitrogen and oxygen atoms in total. The Morgan fingerprint density at radius 1 is 1.71 bits per heavy atom. The first-order valence-corrected chi connectivity index (χ1v) is 5.59. The highest BCUT2D eigenvalue weighted by atomic mass is 32.1. The smallest absolute Gasteiger partial charge is 0.139 e. The highest BCUT2D eigenvalue weighted by molar-refractivity contribution is 7.10. The van der Waals surface area contributed by atoms with Crippen LogP contribution in [0.2, 0.25) is 0 Å². The van der Waals surface area contributed by atoms with Gasteiger partial charge in [0.05, 0.1) is 6.61 Å². The number of anilines is 2. The average molecular weight is 213 g/mol. The molecule has 1 aromatic heterocycles. The molecule has 2 heterocycles. The molecule has 5 heteroatoms. The second-order valence-electron chi connectivity index (χ2n) is 3.71. The summed E-state index contributed by atoms with van der Waals surface area (Å²) in [6.45, 7) is 3.88. The minimum Gasteiger partial charge on any atom is -0.383 e. The Labute approximate surface area is 87.6 Å². The van der Waals surface area contributed by atoms with Crippen LogP contribution >= 0.6 is 11.5 Å². The Morgan fingerprint density at radius 3 is 3.21 bits per heavy atom. The van der Waals surface area contributed by atoms with E-state index in [4.69, 9.17) is 10.5 Å². The van der Waals surface area contributed by atoms with Crippen molar-refractivity contribution in [2.24, 2.45) is 5.92 Å². The fraction of sp³-hybridized carbons (Fsp3) is 0.667. The van der Waals surface area contributed by atoms with E-state index in [1.54, 1.807) is 0 Å². The molecular weight excluding hydrogens is 198 g/mol. The first-order chi connectivity index (χ1) is 6.75. The second kappa shape index (κ2) is 4.14. The van der Waals surface area contributed by atoms with Crippen LogP contribution in [0, 0.1) is 5.92 Å². The fourth-order valence-corrected chi connectivity index (χ4v) is 2.27. The summed E-state index contributed by atoms with van der Waals surface area (Å²) in [5.41, 5.74) is 5.55. The van der Waals surface area contributed by atoms with Crippen molar-refractivity contribution in [1.29, 1.82) is 0 Å². The predicted molar refractivity (Wildman–Crippen MR) is 58.5 cm³/mol. The number of hydrogen-bond acceptors (Lipinski definition) is 5. The molecule has 1 saturated heterocycles. The minimum absolute atomic E-state index is 0.489. The molecule has 0 saturated carbocycles. The fourth-order valence-electron chi connectivity index (χ4n) is 1.63. The van der Waals surface area contributed by atoms with Gasteiger partial charge in [0, 0.05) is 18.7 Å². The van der Waals surface area contributed by atoms with Crippen molar-refractivity contribution in [1.82, 2.24) is 4.37 Å². The van der Waals surface area contributed by atoms with Gasteiger partial charge in [-0.3, -0.25) is 0 Å². The van der Waals surface area contributed by atoms with E-state index < -0.39 is 0 Å². The van der Waals surface area contributed by atoms with E-state index in [2.05, 4.69) is 16.6 Å². The van der Waals surface area contributed by atoms with Crippen LogP contribution in [-0.2, 0) is 4.74 Å². The van der Waals surface area contributed by atoms with Crippen molar-refractivity contribution in [2.75, 3.05) is 24.3 Å². The maximum absolute atomic E-state index is 5.55. The number of nitrogens with zero attached hydrogens (tertiary/aromatic N) is 1. The van der Waals surface area contributed by atoms with Crippen LogP contribution in [0.1, 0.15) is 13.3 Å². The van der Waals surface area contributed by atoms with Gasteiger partial charge >= 0.3 is 0 Å². The van der Waals surface area contributed by atoms with Crippen molar-refractivity contribution in [3.8, 4) is 0 Å². The molecule has 1 fully saturated rings. The molecule has 1 aliphatic rings. The van der Waals surface area contributed by atoms with Gasteiger partial charge in [-0.05, 0) is 23.9 Å². The van der Waals surface area contributed by atoms with Gasteiger partial charge < -0.3 is 15.8 Å². The standard InChI is InChI=1S/C9H15N3OS/c1-6-5-13-3-2-7(6)11-9-4-8(10)12-14-9/h4,6-7,11H,2-3,5H2,1H3,(H2,10,12). The quantitative estimate of drug-likeness (QED) is 0.782. The molecule has 14 heavy (non-hydrogen) atoms. The van der Waals surface area contributed by atoms with Gasteiger partial charge in [0.15, 0.2) is 0 Å². The molecule has 2 rings (SSSR count). The summed E-state index contributed by atoms with van der Waals surface area (Å²) in [4.78, 5) is 0. The molecule has 0 amide bonds. The molecule has 2 unspecified atom stereocenters. The maximum atomic E-state index is 5.55. The number of ether oxygens (including phenoxy) is 1. The number of hydrogen-bond donors (Lipinski definition) is 2. The summed E-state index contributed by atoms with van der Waals surface area (Å²) < 4.78 is 9.41. The van der Waals surface area contributed by atoms with E-state index >= 15 is 0 Å². The van der Waals surface area contributed by atoms with Gasteiger partial charge in [-0.15, -0.1) is 0 Å². The number of nitrogens with two attached hydrogens (primary N) is 1. The summed E-state index contributed by atoms with van der Waals surface area (Å²) >= 11 is 1.42. The molecule has 0 aromatic carbocycles. The van der Waals surface area contributed by atoms with Gasteiger partial charge in [0.1, 0.15) is 10.8 Å². The van der Waals surface area contributed by atoms with Gasteiger partial charge in [-0.2, -0.15) is 4.37 Å². The highest BCUT2D eigenvalue weighted by Crippen LogP contribution is 2.23.